The van der Waals surface area contributed by atoms with Crippen molar-refractivity contribution < 1.29 is 9.59 Å². The van der Waals surface area contributed by atoms with Crippen LogP contribution in [0.2, 0.25) is 0 Å². The molecule has 4 rings (SSSR count). The number of carbonyl (C=O) groups excluding carboxylic acids is 2. The number of H-pyrrole nitrogens is 2. The molecule has 0 aliphatic carbocycles. The van der Waals surface area contributed by atoms with E-state index >= 15 is 0 Å². The van der Waals surface area contributed by atoms with Gasteiger partial charge in [0.05, 0.1) is 0 Å². The number of rotatable bonds is 8. The van der Waals surface area contributed by atoms with E-state index in [0.29, 0.717) is 13.1 Å². The second kappa shape index (κ2) is 9.08. The van der Waals surface area contributed by atoms with Crippen molar-refractivity contribution in [2.45, 2.75) is 33.1 Å². The molecule has 6 nitrogen and oxygen atoms in total. The van der Waals surface area contributed by atoms with Crippen molar-refractivity contribution in [2.75, 3.05) is 13.1 Å². The Labute approximate surface area is 181 Å². The average molecular weight is 417 g/mol. The maximum absolute atomic E-state index is 11.1. The van der Waals surface area contributed by atoms with Crippen molar-refractivity contribution in [2.24, 2.45) is 0 Å². The molecule has 2 aromatic heterocycles. The van der Waals surface area contributed by atoms with Gasteiger partial charge in [-0.2, -0.15) is 0 Å². The van der Waals surface area contributed by atoms with Crippen LogP contribution in [0.1, 0.15) is 36.1 Å². The Balaban J connectivity index is 1.52. The number of aromatic amines is 2. The molecule has 0 bridgehead atoms. The van der Waals surface area contributed by atoms with Crippen LogP contribution in [-0.2, 0) is 28.9 Å². The highest BCUT2D eigenvalue weighted by Crippen LogP contribution is 2.24. The van der Waals surface area contributed by atoms with E-state index in [4.69, 9.17) is 0 Å². The van der Waals surface area contributed by atoms with Crippen LogP contribution in [-0.4, -0.2) is 34.9 Å². The quantitative estimate of drug-likeness (QED) is 0.354. The number of hydrogen-bond acceptors (Lipinski definition) is 2. The summed E-state index contributed by atoms with van der Waals surface area (Å²) in [5.74, 6) is -0.00533. The maximum Gasteiger partial charge on any atom is 0.216 e. The van der Waals surface area contributed by atoms with Gasteiger partial charge in [-0.05, 0) is 65.8 Å². The minimum atomic E-state index is -0.00266. The first-order valence-electron chi connectivity index (χ1n) is 10.7. The topological polar surface area (TPSA) is 89.8 Å². The first-order chi connectivity index (χ1) is 15.0. The zero-order valence-corrected chi connectivity index (χ0v) is 18.0. The largest absolute Gasteiger partial charge is 0.361 e. The number of fused-ring (bicyclic) bond motifs is 2. The van der Waals surface area contributed by atoms with Crippen molar-refractivity contribution in [1.82, 2.24) is 20.6 Å². The third kappa shape index (κ3) is 4.97. The molecule has 160 valence electrons. The number of nitrogens with one attached hydrogen (secondary N) is 4. The number of benzene rings is 2. The third-order valence-electron chi connectivity index (χ3n) is 5.61. The molecular weight excluding hydrogens is 388 g/mol. The Kier molecular flexibility index (Phi) is 6.07. The van der Waals surface area contributed by atoms with Crippen LogP contribution < -0.4 is 10.6 Å². The highest BCUT2D eigenvalue weighted by atomic mass is 16.1. The average Bonchev–Trinajstić information content (AvgIpc) is 3.31. The van der Waals surface area contributed by atoms with E-state index in [0.717, 1.165) is 30.3 Å². The molecule has 0 atom stereocenters. The van der Waals surface area contributed by atoms with Gasteiger partial charge in [-0.15, -0.1) is 0 Å². The second-order valence-electron chi connectivity index (χ2n) is 8.03. The van der Waals surface area contributed by atoms with Crippen molar-refractivity contribution in [1.29, 1.82) is 0 Å². The normalized spacial score (nSPS) is 11.2. The van der Waals surface area contributed by atoms with Gasteiger partial charge in [0.2, 0.25) is 11.8 Å². The molecule has 6 heteroatoms. The van der Waals surface area contributed by atoms with Gasteiger partial charge >= 0.3 is 0 Å². The lowest BCUT2D eigenvalue weighted by atomic mass is 9.99. The molecule has 4 aromatic rings. The van der Waals surface area contributed by atoms with E-state index in [9.17, 15) is 9.59 Å². The van der Waals surface area contributed by atoms with Gasteiger partial charge < -0.3 is 20.6 Å². The summed E-state index contributed by atoms with van der Waals surface area (Å²) in [6.45, 7) is 4.36. The minimum absolute atomic E-state index is 0.00266. The summed E-state index contributed by atoms with van der Waals surface area (Å²) in [7, 11) is 0. The van der Waals surface area contributed by atoms with Crippen molar-refractivity contribution >= 4 is 33.6 Å². The lowest BCUT2D eigenvalue weighted by Gasteiger charge is -2.06. The monoisotopic (exact) mass is 416 g/mol. The molecule has 0 radical (unpaired) electrons. The fourth-order valence-corrected chi connectivity index (χ4v) is 4.07. The zero-order valence-electron chi connectivity index (χ0n) is 18.0. The Morgan fingerprint density at radius 1 is 0.742 bits per heavy atom. The van der Waals surface area contributed by atoms with Gasteiger partial charge in [0.15, 0.2) is 0 Å². The zero-order chi connectivity index (χ0) is 21.8. The number of hydrogen-bond donors (Lipinski definition) is 4. The molecule has 0 aliphatic rings. The molecule has 2 amide bonds. The van der Waals surface area contributed by atoms with E-state index < -0.39 is 0 Å². The third-order valence-corrected chi connectivity index (χ3v) is 5.61. The molecule has 0 fully saturated rings. The van der Waals surface area contributed by atoms with E-state index in [1.165, 1.54) is 33.0 Å². The van der Waals surface area contributed by atoms with E-state index in [1.54, 1.807) is 13.8 Å². The highest BCUT2D eigenvalue weighted by Gasteiger charge is 2.08. The van der Waals surface area contributed by atoms with Crippen LogP contribution in [0.5, 0.6) is 0 Å². The highest BCUT2D eigenvalue weighted by molar-refractivity contribution is 5.85. The SMILES string of the molecule is CC(=O)NCCc1c[nH]c2ccc(Cc3ccc4[nH]cc(CCNC(C)=O)c4c3)cc12. The van der Waals surface area contributed by atoms with Crippen molar-refractivity contribution in [3.05, 3.63) is 71.0 Å². The summed E-state index contributed by atoms with van der Waals surface area (Å²) in [6, 6.07) is 13.1. The number of aromatic nitrogens is 2. The summed E-state index contributed by atoms with van der Waals surface area (Å²) < 4.78 is 0. The van der Waals surface area contributed by atoms with Crippen LogP contribution in [0.4, 0.5) is 0 Å². The molecule has 0 saturated heterocycles. The summed E-state index contributed by atoms with van der Waals surface area (Å²) in [5, 5.41) is 8.15. The first-order valence-corrected chi connectivity index (χ1v) is 10.7. The van der Waals surface area contributed by atoms with E-state index in [1.807, 2.05) is 12.4 Å². The minimum Gasteiger partial charge on any atom is -0.361 e. The standard InChI is InChI=1S/C25H28N4O2/c1-16(30)26-9-7-20-14-28-24-5-3-18(12-22(20)24)11-19-4-6-25-23(13-19)21(15-29-25)8-10-27-17(2)31/h3-6,12-15,28-29H,7-11H2,1-2H3,(H,26,30)(H,27,31). The fraction of sp³-hybridized carbons (Fsp3) is 0.280. The molecule has 2 heterocycles. The van der Waals surface area contributed by atoms with Gasteiger partial charge in [-0.1, -0.05) is 12.1 Å². The molecule has 0 saturated carbocycles. The summed E-state index contributed by atoms with van der Waals surface area (Å²) in [4.78, 5) is 28.9. The van der Waals surface area contributed by atoms with Crippen LogP contribution >= 0.6 is 0 Å². The van der Waals surface area contributed by atoms with Gasteiger partial charge in [-0.25, -0.2) is 0 Å². The van der Waals surface area contributed by atoms with Crippen LogP contribution in [0.25, 0.3) is 21.8 Å². The molecule has 0 aliphatic heterocycles. The Morgan fingerprint density at radius 2 is 1.19 bits per heavy atom. The lowest BCUT2D eigenvalue weighted by Crippen LogP contribution is -2.22. The van der Waals surface area contributed by atoms with Crippen molar-refractivity contribution in [3.63, 3.8) is 0 Å². The molecule has 2 aromatic carbocycles. The molecular formula is C25H28N4O2. The molecule has 31 heavy (non-hydrogen) atoms. The Hall–Kier alpha value is -3.54. The van der Waals surface area contributed by atoms with E-state index in [-0.39, 0.29) is 11.8 Å². The molecule has 0 unspecified atom stereocenters. The molecule has 0 spiro atoms. The number of amides is 2. The predicted molar refractivity (Wildman–Crippen MR) is 124 cm³/mol. The van der Waals surface area contributed by atoms with E-state index in [2.05, 4.69) is 57.0 Å². The second-order valence-corrected chi connectivity index (χ2v) is 8.03. The first kappa shape index (κ1) is 20.7. The summed E-state index contributed by atoms with van der Waals surface area (Å²) in [5.41, 5.74) is 7.16. The number of carbonyl (C=O) groups is 2. The molecule has 4 N–H and O–H groups in total. The maximum atomic E-state index is 11.1. The van der Waals surface area contributed by atoms with Gasteiger partial charge in [0.1, 0.15) is 0 Å². The van der Waals surface area contributed by atoms with Gasteiger partial charge in [0.25, 0.3) is 0 Å². The lowest BCUT2D eigenvalue weighted by molar-refractivity contribution is -0.119. The van der Waals surface area contributed by atoms with Crippen LogP contribution in [0, 0.1) is 0 Å². The van der Waals surface area contributed by atoms with Crippen molar-refractivity contribution in [3.8, 4) is 0 Å². The smallest absolute Gasteiger partial charge is 0.216 e. The summed E-state index contributed by atoms with van der Waals surface area (Å²) in [6.07, 6.45) is 6.51. The fourth-order valence-electron chi connectivity index (χ4n) is 4.07. The van der Waals surface area contributed by atoms with Gasteiger partial charge in [0, 0.05) is 61.1 Å². The summed E-state index contributed by atoms with van der Waals surface area (Å²) >= 11 is 0. The van der Waals surface area contributed by atoms with Crippen LogP contribution in [0.3, 0.4) is 0 Å². The van der Waals surface area contributed by atoms with Crippen LogP contribution in [0.15, 0.2) is 48.8 Å². The Morgan fingerprint density at radius 3 is 1.61 bits per heavy atom. The predicted octanol–water partition coefficient (Wildman–Crippen LogP) is 3.60. The van der Waals surface area contributed by atoms with Gasteiger partial charge in [-0.3, -0.25) is 9.59 Å². The Bertz CT molecular complexity index is 1140.